The summed E-state index contributed by atoms with van der Waals surface area (Å²) in [6, 6.07) is 7.17. The number of benzene rings is 1. The van der Waals surface area contributed by atoms with Gasteiger partial charge in [-0.2, -0.15) is 0 Å². The molecular formula is C12H18FN. The second kappa shape index (κ2) is 5.11. The van der Waals surface area contributed by atoms with Crippen LogP contribution in [0.5, 0.6) is 0 Å². The minimum absolute atomic E-state index is 0.165. The normalized spacial score (nSPS) is 13.2. The van der Waals surface area contributed by atoms with Crippen LogP contribution in [0.1, 0.15) is 26.3 Å². The zero-order chi connectivity index (χ0) is 10.6. The van der Waals surface area contributed by atoms with E-state index >= 15 is 0 Å². The van der Waals surface area contributed by atoms with Crippen LogP contribution in [-0.4, -0.2) is 6.04 Å². The van der Waals surface area contributed by atoms with E-state index in [2.05, 4.69) is 26.1 Å². The highest BCUT2D eigenvalue weighted by Crippen LogP contribution is 2.05. The molecule has 0 aliphatic rings. The Bertz CT molecular complexity index is 283. The first-order valence-electron chi connectivity index (χ1n) is 5.07. The fourth-order valence-electron chi connectivity index (χ4n) is 1.16. The molecule has 0 fully saturated rings. The van der Waals surface area contributed by atoms with Crippen molar-refractivity contribution < 1.29 is 4.39 Å². The molecule has 0 saturated heterocycles. The highest BCUT2D eigenvalue weighted by molar-refractivity contribution is 5.16. The van der Waals surface area contributed by atoms with E-state index in [1.165, 1.54) is 6.07 Å². The summed E-state index contributed by atoms with van der Waals surface area (Å²) >= 11 is 0. The van der Waals surface area contributed by atoms with Crippen molar-refractivity contribution in [2.45, 2.75) is 33.4 Å². The van der Waals surface area contributed by atoms with Crippen LogP contribution in [0.4, 0.5) is 4.39 Å². The molecule has 1 N–H and O–H groups in total. The predicted molar refractivity (Wildman–Crippen MR) is 57.5 cm³/mol. The first kappa shape index (κ1) is 11.2. The number of halogens is 1. The summed E-state index contributed by atoms with van der Waals surface area (Å²) in [6.45, 7) is 7.22. The van der Waals surface area contributed by atoms with Gasteiger partial charge in [0.1, 0.15) is 5.82 Å². The Morgan fingerprint density at radius 3 is 2.57 bits per heavy atom. The van der Waals surface area contributed by atoms with Gasteiger partial charge in [-0.15, -0.1) is 0 Å². The van der Waals surface area contributed by atoms with E-state index in [0.717, 1.165) is 12.1 Å². The van der Waals surface area contributed by atoms with Crippen molar-refractivity contribution in [2.24, 2.45) is 5.92 Å². The second-order valence-electron chi connectivity index (χ2n) is 4.04. The van der Waals surface area contributed by atoms with Gasteiger partial charge >= 0.3 is 0 Å². The lowest BCUT2D eigenvalue weighted by atomic mass is 10.1. The molecule has 0 unspecified atom stereocenters. The van der Waals surface area contributed by atoms with E-state index in [9.17, 15) is 4.39 Å². The van der Waals surface area contributed by atoms with Gasteiger partial charge in [-0.05, 0) is 30.5 Å². The fourth-order valence-corrected chi connectivity index (χ4v) is 1.16. The third kappa shape index (κ3) is 3.46. The van der Waals surface area contributed by atoms with E-state index < -0.39 is 0 Å². The summed E-state index contributed by atoms with van der Waals surface area (Å²) in [7, 11) is 0. The molecule has 14 heavy (non-hydrogen) atoms. The predicted octanol–water partition coefficient (Wildman–Crippen LogP) is 2.96. The van der Waals surface area contributed by atoms with Crippen LogP contribution in [-0.2, 0) is 6.54 Å². The topological polar surface area (TPSA) is 12.0 Å². The Morgan fingerprint density at radius 2 is 2.00 bits per heavy atom. The van der Waals surface area contributed by atoms with Crippen LogP contribution in [0.2, 0.25) is 0 Å². The van der Waals surface area contributed by atoms with E-state index in [0.29, 0.717) is 12.0 Å². The van der Waals surface area contributed by atoms with Crippen LogP contribution < -0.4 is 5.32 Å². The maximum Gasteiger partial charge on any atom is 0.123 e. The van der Waals surface area contributed by atoms with Gasteiger partial charge < -0.3 is 5.32 Å². The van der Waals surface area contributed by atoms with Crippen LogP contribution in [0, 0.1) is 11.7 Å². The molecule has 0 heterocycles. The largest absolute Gasteiger partial charge is 0.310 e. The molecule has 2 heteroatoms. The van der Waals surface area contributed by atoms with Crippen molar-refractivity contribution in [3.8, 4) is 0 Å². The Hall–Kier alpha value is -0.890. The van der Waals surface area contributed by atoms with Gasteiger partial charge in [0, 0.05) is 12.6 Å². The van der Waals surface area contributed by atoms with Gasteiger partial charge in [-0.3, -0.25) is 0 Å². The lowest BCUT2D eigenvalue weighted by Crippen LogP contribution is -2.30. The van der Waals surface area contributed by atoms with Gasteiger partial charge in [0.2, 0.25) is 0 Å². The summed E-state index contributed by atoms with van der Waals surface area (Å²) in [4.78, 5) is 0. The standard InChI is InChI=1S/C12H18FN/c1-9(2)10(3)14-8-11-5-4-6-12(13)7-11/h4-7,9-10,14H,8H2,1-3H3/t10-/m1/s1. The molecule has 1 atom stereocenters. The quantitative estimate of drug-likeness (QED) is 0.778. The summed E-state index contributed by atoms with van der Waals surface area (Å²) in [5.41, 5.74) is 0.998. The van der Waals surface area contributed by atoms with Crippen molar-refractivity contribution in [1.29, 1.82) is 0 Å². The minimum Gasteiger partial charge on any atom is -0.310 e. The minimum atomic E-state index is -0.165. The monoisotopic (exact) mass is 195 g/mol. The Morgan fingerprint density at radius 1 is 1.29 bits per heavy atom. The Balaban J connectivity index is 2.45. The van der Waals surface area contributed by atoms with E-state index in [-0.39, 0.29) is 5.82 Å². The van der Waals surface area contributed by atoms with Gasteiger partial charge in [0.15, 0.2) is 0 Å². The van der Waals surface area contributed by atoms with Crippen molar-refractivity contribution in [3.63, 3.8) is 0 Å². The maximum absolute atomic E-state index is 12.8. The molecule has 0 aromatic heterocycles. The van der Waals surface area contributed by atoms with Crippen LogP contribution in [0.25, 0.3) is 0 Å². The van der Waals surface area contributed by atoms with Crippen LogP contribution in [0.3, 0.4) is 0 Å². The average Bonchev–Trinajstić information content (AvgIpc) is 2.14. The zero-order valence-corrected chi connectivity index (χ0v) is 9.05. The third-order valence-corrected chi connectivity index (χ3v) is 2.52. The molecule has 1 aromatic carbocycles. The third-order valence-electron chi connectivity index (χ3n) is 2.52. The lowest BCUT2D eigenvalue weighted by molar-refractivity contribution is 0.425. The SMILES string of the molecule is CC(C)[C@@H](C)NCc1cccc(F)c1. The number of nitrogens with one attached hydrogen (secondary N) is 1. The first-order valence-corrected chi connectivity index (χ1v) is 5.07. The summed E-state index contributed by atoms with van der Waals surface area (Å²) in [5.74, 6) is 0.435. The van der Waals surface area contributed by atoms with Gasteiger partial charge in [-0.1, -0.05) is 26.0 Å². The van der Waals surface area contributed by atoms with Crippen molar-refractivity contribution in [3.05, 3.63) is 35.6 Å². The fraction of sp³-hybridized carbons (Fsp3) is 0.500. The molecule has 1 nitrogen and oxygen atoms in total. The Labute approximate surface area is 85.3 Å². The van der Waals surface area contributed by atoms with Gasteiger partial charge in [0.25, 0.3) is 0 Å². The van der Waals surface area contributed by atoms with Gasteiger partial charge in [-0.25, -0.2) is 4.39 Å². The first-order chi connectivity index (χ1) is 6.59. The highest BCUT2D eigenvalue weighted by atomic mass is 19.1. The van der Waals surface area contributed by atoms with E-state index in [1.54, 1.807) is 12.1 Å². The van der Waals surface area contributed by atoms with Crippen LogP contribution in [0.15, 0.2) is 24.3 Å². The zero-order valence-electron chi connectivity index (χ0n) is 9.05. The van der Waals surface area contributed by atoms with Crippen molar-refractivity contribution in [2.75, 3.05) is 0 Å². The highest BCUT2D eigenvalue weighted by Gasteiger charge is 2.05. The smallest absolute Gasteiger partial charge is 0.123 e. The van der Waals surface area contributed by atoms with E-state index in [4.69, 9.17) is 0 Å². The summed E-state index contributed by atoms with van der Waals surface area (Å²) < 4.78 is 12.8. The van der Waals surface area contributed by atoms with Crippen LogP contribution >= 0.6 is 0 Å². The average molecular weight is 195 g/mol. The number of hydrogen-bond acceptors (Lipinski definition) is 1. The molecule has 0 amide bonds. The summed E-state index contributed by atoms with van der Waals surface area (Å²) in [6.07, 6.45) is 0. The molecule has 0 bridgehead atoms. The maximum atomic E-state index is 12.8. The molecule has 0 saturated carbocycles. The number of hydrogen-bond donors (Lipinski definition) is 1. The molecular weight excluding hydrogens is 177 g/mol. The molecule has 0 aliphatic carbocycles. The Kier molecular flexibility index (Phi) is 4.08. The lowest BCUT2D eigenvalue weighted by Gasteiger charge is -2.17. The molecule has 78 valence electrons. The van der Waals surface area contributed by atoms with E-state index in [1.807, 2.05) is 6.07 Å². The van der Waals surface area contributed by atoms with Gasteiger partial charge in [0.05, 0.1) is 0 Å². The molecule has 0 spiro atoms. The van der Waals surface area contributed by atoms with Crippen molar-refractivity contribution in [1.82, 2.24) is 5.32 Å². The second-order valence-corrected chi connectivity index (χ2v) is 4.04. The molecule has 0 aliphatic heterocycles. The molecule has 1 aromatic rings. The summed E-state index contributed by atoms with van der Waals surface area (Å²) in [5, 5.41) is 3.36. The molecule has 0 radical (unpaired) electrons. The molecule has 1 rings (SSSR count). The van der Waals surface area contributed by atoms with Crippen molar-refractivity contribution >= 4 is 0 Å². The number of rotatable bonds is 4.